The average Bonchev–Trinajstić information content (AvgIpc) is 3.05. The molecule has 0 radical (unpaired) electrons. The third kappa shape index (κ3) is 5.98. The maximum atomic E-state index is 11.6. The summed E-state index contributed by atoms with van der Waals surface area (Å²) in [5.74, 6) is 1.41. The van der Waals surface area contributed by atoms with E-state index in [2.05, 4.69) is 25.4 Å². The first kappa shape index (κ1) is 21.2. The highest BCUT2D eigenvalue weighted by Gasteiger charge is 2.28. The average molecular weight is 423 g/mol. The highest BCUT2D eigenvalue weighted by atomic mass is 35.5. The van der Waals surface area contributed by atoms with Gasteiger partial charge in [0.1, 0.15) is 12.4 Å². The molecule has 0 aliphatic carbocycles. The molecule has 1 aromatic carbocycles. The van der Waals surface area contributed by atoms with Crippen molar-refractivity contribution < 1.29 is 14.3 Å². The van der Waals surface area contributed by atoms with Crippen LogP contribution < -0.4 is 15.4 Å². The summed E-state index contributed by atoms with van der Waals surface area (Å²) < 4.78 is 5.76. The van der Waals surface area contributed by atoms with Crippen molar-refractivity contribution in [3.05, 3.63) is 29.3 Å². The van der Waals surface area contributed by atoms with Gasteiger partial charge in [-0.2, -0.15) is 0 Å². The number of rotatable bonds is 7. The molecule has 2 fully saturated rings. The van der Waals surface area contributed by atoms with Crippen LogP contribution in [0, 0.1) is 0 Å². The minimum Gasteiger partial charge on any atom is -0.492 e. The number of hydrogen-bond acceptors (Lipinski definition) is 5. The largest absolute Gasteiger partial charge is 0.492 e. The Morgan fingerprint density at radius 3 is 2.52 bits per heavy atom. The number of guanidine groups is 1. The standard InChI is InChI=1S/C19H27ClN6O3/c1-21-18(22-6-7-26-17(27)14-23-19(26)28)25-10-8-24(9-11-25)12-13-29-16-4-2-15(20)3-5-16/h2-5H,6-14H2,1H3,(H,21,22)(H,23,28). The Morgan fingerprint density at radius 2 is 1.90 bits per heavy atom. The normalized spacial score (nSPS) is 18.2. The van der Waals surface area contributed by atoms with E-state index in [9.17, 15) is 9.59 Å². The number of carbonyl (C=O) groups excluding carboxylic acids is 2. The summed E-state index contributed by atoms with van der Waals surface area (Å²) in [7, 11) is 1.74. The Balaban J connectivity index is 1.34. The van der Waals surface area contributed by atoms with Crippen LogP contribution in [0.15, 0.2) is 29.3 Å². The highest BCUT2D eigenvalue weighted by Crippen LogP contribution is 2.15. The van der Waals surface area contributed by atoms with Crippen molar-refractivity contribution >= 4 is 29.5 Å². The number of nitrogens with zero attached hydrogens (tertiary/aromatic N) is 4. The number of imide groups is 1. The maximum absolute atomic E-state index is 11.6. The Morgan fingerprint density at radius 1 is 1.17 bits per heavy atom. The molecular formula is C19H27ClN6O3. The van der Waals surface area contributed by atoms with E-state index in [1.165, 1.54) is 4.90 Å². The van der Waals surface area contributed by atoms with Crippen LogP contribution in [0.5, 0.6) is 5.75 Å². The van der Waals surface area contributed by atoms with Gasteiger partial charge < -0.3 is 20.3 Å². The topological polar surface area (TPSA) is 89.5 Å². The smallest absolute Gasteiger partial charge is 0.324 e. The van der Waals surface area contributed by atoms with E-state index in [0.29, 0.717) is 24.7 Å². The molecule has 0 unspecified atom stereocenters. The first-order chi connectivity index (χ1) is 14.1. The first-order valence-corrected chi connectivity index (χ1v) is 10.1. The van der Waals surface area contributed by atoms with Crippen LogP contribution in [0.2, 0.25) is 5.02 Å². The number of ether oxygens (including phenoxy) is 1. The Labute approximate surface area is 175 Å². The van der Waals surface area contributed by atoms with Crippen LogP contribution in [0.3, 0.4) is 0 Å². The summed E-state index contributed by atoms with van der Waals surface area (Å²) in [5.41, 5.74) is 0. The second-order valence-electron chi connectivity index (χ2n) is 6.81. The molecule has 2 heterocycles. The molecule has 0 spiro atoms. The van der Waals surface area contributed by atoms with Gasteiger partial charge in [0.25, 0.3) is 0 Å². The third-order valence-corrected chi connectivity index (χ3v) is 5.18. The Hall–Kier alpha value is -2.52. The molecule has 2 saturated heterocycles. The number of piperazine rings is 1. The summed E-state index contributed by atoms with van der Waals surface area (Å²) in [6.45, 7) is 5.89. The summed E-state index contributed by atoms with van der Waals surface area (Å²) in [6, 6.07) is 7.05. The molecule has 0 saturated carbocycles. The van der Waals surface area contributed by atoms with E-state index < -0.39 is 0 Å². The number of hydrogen-bond donors (Lipinski definition) is 2. The number of amides is 3. The summed E-state index contributed by atoms with van der Waals surface area (Å²) in [5, 5.41) is 6.46. The van der Waals surface area contributed by atoms with Crippen LogP contribution in [-0.2, 0) is 4.79 Å². The second-order valence-corrected chi connectivity index (χ2v) is 7.25. The van der Waals surface area contributed by atoms with E-state index in [1.54, 1.807) is 7.05 Å². The summed E-state index contributed by atoms with van der Waals surface area (Å²) in [6.07, 6.45) is 0. The number of nitrogens with one attached hydrogen (secondary N) is 2. The number of halogens is 1. The number of carbonyl (C=O) groups is 2. The van der Waals surface area contributed by atoms with E-state index in [-0.39, 0.29) is 18.5 Å². The van der Waals surface area contributed by atoms with E-state index in [4.69, 9.17) is 16.3 Å². The molecule has 158 valence electrons. The van der Waals surface area contributed by atoms with Gasteiger partial charge in [0.15, 0.2) is 5.96 Å². The third-order valence-electron chi connectivity index (χ3n) is 4.93. The van der Waals surface area contributed by atoms with Gasteiger partial charge in [-0.3, -0.25) is 19.6 Å². The molecule has 3 rings (SSSR count). The van der Waals surface area contributed by atoms with Gasteiger partial charge >= 0.3 is 6.03 Å². The molecule has 10 heteroatoms. The van der Waals surface area contributed by atoms with Crippen molar-refractivity contribution in [1.29, 1.82) is 0 Å². The predicted molar refractivity (Wildman–Crippen MR) is 111 cm³/mol. The van der Waals surface area contributed by atoms with Gasteiger partial charge in [-0.15, -0.1) is 0 Å². The zero-order valence-corrected chi connectivity index (χ0v) is 17.3. The Bertz CT molecular complexity index is 718. The zero-order chi connectivity index (χ0) is 20.6. The van der Waals surface area contributed by atoms with Crippen molar-refractivity contribution in [2.75, 3.05) is 66.0 Å². The van der Waals surface area contributed by atoms with Gasteiger partial charge in [-0.05, 0) is 24.3 Å². The predicted octanol–water partition coefficient (Wildman–Crippen LogP) is 0.464. The first-order valence-electron chi connectivity index (χ1n) is 9.71. The molecule has 3 amide bonds. The lowest BCUT2D eigenvalue weighted by Crippen LogP contribution is -2.53. The van der Waals surface area contributed by atoms with Crippen molar-refractivity contribution in [3.63, 3.8) is 0 Å². The lowest BCUT2D eigenvalue weighted by Gasteiger charge is -2.36. The number of urea groups is 1. The SMILES string of the molecule is CN=C(NCCN1C(=O)CNC1=O)N1CCN(CCOc2ccc(Cl)cc2)CC1. The quantitative estimate of drug-likeness (QED) is 0.377. The molecule has 2 aliphatic rings. The van der Waals surface area contributed by atoms with Crippen LogP contribution >= 0.6 is 11.6 Å². The minimum absolute atomic E-state index is 0.0806. The van der Waals surface area contributed by atoms with Crippen LogP contribution in [0.1, 0.15) is 0 Å². The minimum atomic E-state index is -0.332. The highest BCUT2D eigenvalue weighted by molar-refractivity contribution is 6.30. The zero-order valence-electron chi connectivity index (χ0n) is 16.6. The monoisotopic (exact) mass is 422 g/mol. The van der Waals surface area contributed by atoms with Gasteiger partial charge in [-0.1, -0.05) is 11.6 Å². The summed E-state index contributed by atoms with van der Waals surface area (Å²) >= 11 is 5.88. The molecule has 2 aliphatic heterocycles. The van der Waals surface area contributed by atoms with Gasteiger partial charge in [0, 0.05) is 57.9 Å². The molecule has 2 N–H and O–H groups in total. The second kappa shape index (κ2) is 10.3. The van der Waals surface area contributed by atoms with Crippen molar-refractivity contribution in [3.8, 4) is 5.75 Å². The van der Waals surface area contributed by atoms with Gasteiger partial charge in [0.2, 0.25) is 5.91 Å². The molecular weight excluding hydrogens is 396 g/mol. The molecule has 1 aromatic rings. The maximum Gasteiger partial charge on any atom is 0.324 e. The van der Waals surface area contributed by atoms with Crippen molar-refractivity contribution in [2.24, 2.45) is 4.99 Å². The van der Waals surface area contributed by atoms with Crippen LogP contribution in [-0.4, -0.2) is 98.6 Å². The molecule has 0 aromatic heterocycles. The molecule has 0 atom stereocenters. The molecule has 0 bridgehead atoms. The summed E-state index contributed by atoms with van der Waals surface area (Å²) in [4.78, 5) is 33.3. The number of aliphatic imine (C=N–C) groups is 1. The van der Waals surface area contributed by atoms with E-state index in [1.807, 2.05) is 24.3 Å². The van der Waals surface area contributed by atoms with Crippen LogP contribution in [0.4, 0.5) is 4.79 Å². The fourth-order valence-corrected chi connectivity index (χ4v) is 3.43. The number of benzene rings is 1. The fraction of sp³-hybridized carbons (Fsp3) is 0.526. The molecule has 29 heavy (non-hydrogen) atoms. The van der Waals surface area contributed by atoms with Crippen LogP contribution in [0.25, 0.3) is 0 Å². The molecule has 9 nitrogen and oxygen atoms in total. The lowest BCUT2D eigenvalue weighted by molar-refractivity contribution is -0.124. The van der Waals surface area contributed by atoms with E-state index >= 15 is 0 Å². The fourth-order valence-electron chi connectivity index (χ4n) is 3.30. The lowest BCUT2D eigenvalue weighted by atomic mass is 10.3. The van der Waals surface area contributed by atoms with Gasteiger partial charge in [-0.25, -0.2) is 4.79 Å². The van der Waals surface area contributed by atoms with Crippen molar-refractivity contribution in [2.45, 2.75) is 0 Å². The van der Waals surface area contributed by atoms with Gasteiger partial charge in [0.05, 0.1) is 6.54 Å². The van der Waals surface area contributed by atoms with E-state index in [0.717, 1.165) is 44.4 Å². The Kier molecular flexibility index (Phi) is 7.54. The van der Waals surface area contributed by atoms with Crippen molar-refractivity contribution in [1.82, 2.24) is 25.3 Å².